The van der Waals surface area contributed by atoms with Gasteiger partial charge in [0.1, 0.15) is 17.2 Å². The number of nitrogens with zero attached hydrogens (tertiary/aromatic N) is 6. The largest absolute Gasteiger partial charge is 0.354 e. The molecule has 1 N–H and O–H groups in total. The fraction of sp³-hybridized carbons (Fsp3) is 0.481. The molecule has 38 heavy (non-hydrogen) atoms. The van der Waals surface area contributed by atoms with Crippen LogP contribution in [0, 0.1) is 11.2 Å². The second-order valence-electron chi connectivity index (χ2n) is 10.7. The summed E-state index contributed by atoms with van der Waals surface area (Å²) >= 11 is 6.23. The predicted molar refractivity (Wildman–Crippen MR) is 143 cm³/mol. The first kappa shape index (κ1) is 25.1. The molecule has 0 unspecified atom stereocenters. The highest BCUT2D eigenvalue weighted by atomic mass is 35.5. The molecule has 4 heterocycles. The van der Waals surface area contributed by atoms with Crippen molar-refractivity contribution in [1.82, 2.24) is 24.8 Å². The standard InChI is InChI=1S/C27H31ClFN7O2/c1-33-12-14-34(15-13-33)23-6-10-36-24(32-23)20(17-30-36)25(37)31-19-4-7-27(8-5-19)9-11-35(26(27)38)22-3-2-18(29)16-21(22)28/h2-3,6,10,16-17,19H,4-5,7-9,11-15H2,1H3,(H,31,37). The van der Waals surface area contributed by atoms with Crippen molar-refractivity contribution in [2.75, 3.05) is 49.6 Å². The van der Waals surface area contributed by atoms with Crippen LogP contribution in [-0.2, 0) is 4.79 Å². The molecule has 0 atom stereocenters. The third-order valence-electron chi connectivity index (χ3n) is 8.42. The summed E-state index contributed by atoms with van der Waals surface area (Å²) in [7, 11) is 2.11. The Hall–Kier alpha value is -3.24. The van der Waals surface area contributed by atoms with E-state index in [0.29, 0.717) is 49.1 Å². The Balaban J connectivity index is 1.11. The minimum Gasteiger partial charge on any atom is -0.354 e. The maximum Gasteiger partial charge on any atom is 0.256 e. The molecule has 3 aliphatic rings. The zero-order valence-electron chi connectivity index (χ0n) is 21.4. The van der Waals surface area contributed by atoms with Crippen LogP contribution < -0.4 is 15.1 Å². The van der Waals surface area contributed by atoms with Crippen molar-refractivity contribution < 1.29 is 14.0 Å². The molecule has 6 rings (SSSR count). The average Bonchev–Trinajstić information content (AvgIpc) is 3.47. The molecule has 1 aromatic carbocycles. The molecule has 2 amide bonds. The summed E-state index contributed by atoms with van der Waals surface area (Å²) in [4.78, 5) is 37.7. The lowest BCUT2D eigenvalue weighted by Crippen LogP contribution is -2.45. The van der Waals surface area contributed by atoms with E-state index in [1.165, 1.54) is 12.1 Å². The maximum atomic E-state index is 13.5. The van der Waals surface area contributed by atoms with Crippen LogP contribution in [0.3, 0.4) is 0 Å². The van der Waals surface area contributed by atoms with Gasteiger partial charge < -0.3 is 20.0 Å². The average molecular weight is 540 g/mol. The number of nitrogens with one attached hydrogen (secondary N) is 1. The molecular weight excluding hydrogens is 509 g/mol. The molecule has 0 radical (unpaired) electrons. The van der Waals surface area contributed by atoms with Gasteiger partial charge in [0.25, 0.3) is 5.91 Å². The molecule has 3 aromatic rings. The number of fused-ring (bicyclic) bond motifs is 1. The summed E-state index contributed by atoms with van der Waals surface area (Å²) in [5, 5.41) is 7.73. The summed E-state index contributed by atoms with van der Waals surface area (Å²) in [5.41, 5.74) is 1.10. The van der Waals surface area contributed by atoms with E-state index < -0.39 is 11.2 Å². The van der Waals surface area contributed by atoms with Gasteiger partial charge in [-0.1, -0.05) is 11.6 Å². The lowest BCUT2D eigenvalue weighted by molar-refractivity contribution is -0.127. The van der Waals surface area contributed by atoms with Crippen LogP contribution in [0.2, 0.25) is 5.02 Å². The van der Waals surface area contributed by atoms with E-state index in [9.17, 15) is 14.0 Å². The molecule has 2 saturated heterocycles. The van der Waals surface area contributed by atoms with E-state index in [1.54, 1.807) is 21.7 Å². The topological polar surface area (TPSA) is 86.1 Å². The number of halogens is 2. The third-order valence-corrected chi connectivity index (χ3v) is 8.72. The van der Waals surface area contributed by atoms with Crippen molar-refractivity contribution in [3.05, 3.63) is 53.1 Å². The van der Waals surface area contributed by atoms with Gasteiger partial charge in [-0.2, -0.15) is 5.10 Å². The summed E-state index contributed by atoms with van der Waals surface area (Å²) < 4.78 is 15.1. The first-order valence-electron chi connectivity index (χ1n) is 13.2. The second-order valence-corrected chi connectivity index (χ2v) is 11.1. The highest BCUT2D eigenvalue weighted by Gasteiger charge is 2.49. The zero-order chi connectivity index (χ0) is 26.4. The van der Waals surface area contributed by atoms with E-state index in [0.717, 1.165) is 38.4 Å². The Labute approximate surface area is 225 Å². The van der Waals surface area contributed by atoms with Gasteiger partial charge in [0.2, 0.25) is 5.91 Å². The monoisotopic (exact) mass is 539 g/mol. The summed E-state index contributed by atoms with van der Waals surface area (Å²) in [5.74, 6) is 0.277. The Morgan fingerprint density at radius 2 is 1.87 bits per heavy atom. The fourth-order valence-electron chi connectivity index (χ4n) is 6.02. The number of anilines is 2. The Morgan fingerprint density at radius 1 is 1.11 bits per heavy atom. The van der Waals surface area contributed by atoms with Gasteiger partial charge in [-0.05, 0) is 63.4 Å². The van der Waals surface area contributed by atoms with Crippen LogP contribution in [0.1, 0.15) is 42.5 Å². The first-order chi connectivity index (χ1) is 18.3. The molecule has 11 heteroatoms. The molecule has 3 fully saturated rings. The molecule has 200 valence electrons. The van der Waals surface area contributed by atoms with Gasteiger partial charge in [-0.25, -0.2) is 13.9 Å². The molecule has 0 bridgehead atoms. The third kappa shape index (κ3) is 4.49. The van der Waals surface area contributed by atoms with Crippen LogP contribution in [0.5, 0.6) is 0 Å². The first-order valence-corrected chi connectivity index (χ1v) is 13.6. The molecule has 9 nitrogen and oxygen atoms in total. The number of hydrogen-bond donors (Lipinski definition) is 1. The van der Waals surface area contributed by atoms with E-state index in [2.05, 4.69) is 27.3 Å². The minimum atomic E-state index is -0.456. The normalized spacial score (nSPS) is 24.5. The number of aromatic nitrogens is 3. The van der Waals surface area contributed by atoms with Crippen molar-refractivity contribution in [1.29, 1.82) is 0 Å². The van der Waals surface area contributed by atoms with Crippen LogP contribution in [0.4, 0.5) is 15.9 Å². The van der Waals surface area contributed by atoms with Crippen LogP contribution in [0.25, 0.3) is 5.65 Å². The van der Waals surface area contributed by atoms with Gasteiger partial charge in [0, 0.05) is 45.0 Å². The van der Waals surface area contributed by atoms with Gasteiger partial charge in [-0.3, -0.25) is 9.59 Å². The van der Waals surface area contributed by atoms with E-state index in [4.69, 9.17) is 16.6 Å². The number of likely N-dealkylation sites (N-methyl/N-ethyl adjacent to an activating group) is 1. The molecule has 1 saturated carbocycles. The van der Waals surface area contributed by atoms with Crippen LogP contribution in [0.15, 0.2) is 36.7 Å². The number of amides is 2. The predicted octanol–water partition coefficient (Wildman–Crippen LogP) is 3.37. The molecule has 1 aliphatic carbocycles. The lowest BCUT2D eigenvalue weighted by Gasteiger charge is -2.36. The Kier molecular flexibility index (Phi) is 6.47. The van der Waals surface area contributed by atoms with Crippen molar-refractivity contribution >= 4 is 40.6 Å². The quantitative estimate of drug-likeness (QED) is 0.547. The van der Waals surface area contributed by atoms with E-state index in [-0.39, 0.29) is 22.9 Å². The summed E-state index contributed by atoms with van der Waals surface area (Å²) in [6, 6.07) is 6.05. The summed E-state index contributed by atoms with van der Waals surface area (Å²) in [6.07, 6.45) is 6.94. The maximum absolute atomic E-state index is 13.5. The van der Waals surface area contributed by atoms with Gasteiger partial charge in [-0.15, -0.1) is 0 Å². The van der Waals surface area contributed by atoms with Crippen molar-refractivity contribution in [2.24, 2.45) is 5.41 Å². The van der Waals surface area contributed by atoms with Crippen molar-refractivity contribution in [3.8, 4) is 0 Å². The van der Waals surface area contributed by atoms with Crippen molar-refractivity contribution in [3.63, 3.8) is 0 Å². The minimum absolute atomic E-state index is 0.0276. The van der Waals surface area contributed by atoms with Crippen molar-refractivity contribution in [2.45, 2.75) is 38.1 Å². The number of carbonyl (C=O) groups is 2. The molecule has 2 aliphatic heterocycles. The van der Waals surface area contributed by atoms with E-state index in [1.807, 2.05) is 12.3 Å². The number of benzene rings is 1. The Morgan fingerprint density at radius 3 is 2.61 bits per heavy atom. The number of piperazine rings is 1. The number of carbonyl (C=O) groups excluding carboxylic acids is 2. The van der Waals surface area contributed by atoms with Crippen LogP contribution in [-0.4, -0.2) is 77.1 Å². The highest BCUT2D eigenvalue weighted by Crippen LogP contribution is 2.47. The molecular formula is C27H31ClFN7O2. The molecule has 1 spiro atoms. The smallest absolute Gasteiger partial charge is 0.256 e. The van der Waals surface area contributed by atoms with Gasteiger partial charge >= 0.3 is 0 Å². The van der Waals surface area contributed by atoms with E-state index >= 15 is 0 Å². The highest BCUT2D eigenvalue weighted by molar-refractivity contribution is 6.34. The summed E-state index contributed by atoms with van der Waals surface area (Å²) in [6.45, 7) is 4.29. The van der Waals surface area contributed by atoms with Gasteiger partial charge in [0.05, 0.1) is 22.3 Å². The second kappa shape index (κ2) is 9.81. The molecule has 2 aromatic heterocycles. The SMILES string of the molecule is CN1CCN(c2ccn3ncc(C(=O)NC4CCC5(CC4)CCN(c4ccc(F)cc4Cl)C5=O)c3n2)CC1. The number of rotatable bonds is 4. The fourth-order valence-corrected chi connectivity index (χ4v) is 6.29. The Bertz CT molecular complexity index is 1380. The lowest BCUT2D eigenvalue weighted by atomic mass is 9.71. The number of hydrogen-bond acceptors (Lipinski definition) is 6. The zero-order valence-corrected chi connectivity index (χ0v) is 22.1. The van der Waals surface area contributed by atoms with Crippen LogP contribution >= 0.6 is 11.6 Å². The van der Waals surface area contributed by atoms with Gasteiger partial charge in [0.15, 0.2) is 5.65 Å².